The Morgan fingerprint density at radius 1 is 1.04 bits per heavy atom. The van der Waals surface area contributed by atoms with E-state index in [0.717, 1.165) is 63.7 Å². The first-order valence-electron chi connectivity index (χ1n) is 9.27. The maximum absolute atomic E-state index is 6.37. The van der Waals surface area contributed by atoms with Crippen LogP contribution in [0.1, 0.15) is 17.5 Å². The van der Waals surface area contributed by atoms with Crippen LogP contribution in [0.2, 0.25) is 5.02 Å². The SMILES string of the molecule is Clc1cc(CNCCCN2CCOCC2)ccc1OCc1ccccc1. The number of morpholine rings is 1. The molecule has 1 aliphatic heterocycles. The number of halogens is 1. The standard InChI is InChI=1S/C21H27ClN2O2/c22-20-15-19(16-23-9-4-10-24-11-13-25-14-12-24)7-8-21(20)26-17-18-5-2-1-3-6-18/h1-3,5-8,15,23H,4,9-14,16-17H2. The topological polar surface area (TPSA) is 33.7 Å². The van der Waals surface area contributed by atoms with Crippen LogP contribution in [0, 0.1) is 0 Å². The predicted molar refractivity (Wildman–Crippen MR) is 106 cm³/mol. The number of benzene rings is 2. The first-order valence-corrected chi connectivity index (χ1v) is 9.65. The van der Waals surface area contributed by atoms with Crippen LogP contribution in [0.4, 0.5) is 0 Å². The van der Waals surface area contributed by atoms with Gasteiger partial charge in [0.2, 0.25) is 0 Å². The summed E-state index contributed by atoms with van der Waals surface area (Å²) in [6.45, 7) is 7.32. The third kappa shape index (κ3) is 6.29. The molecule has 1 saturated heterocycles. The summed E-state index contributed by atoms with van der Waals surface area (Å²) in [4.78, 5) is 2.46. The molecule has 0 aliphatic carbocycles. The maximum Gasteiger partial charge on any atom is 0.138 e. The Kier molecular flexibility index (Phi) is 7.77. The molecule has 3 rings (SSSR count). The van der Waals surface area contributed by atoms with Crippen molar-refractivity contribution in [3.63, 3.8) is 0 Å². The summed E-state index contributed by atoms with van der Waals surface area (Å²) in [6.07, 6.45) is 1.14. The lowest BCUT2D eigenvalue weighted by atomic mass is 10.2. The van der Waals surface area contributed by atoms with Crippen molar-refractivity contribution in [2.45, 2.75) is 19.6 Å². The average molecular weight is 375 g/mol. The van der Waals surface area contributed by atoms with E-state index in [1.807, 2.05) is 42.5 Å². The molecule has 1 heterocycles. The van der Waals surface area contributed by atoms with E-state index in [1.165, 1.54) is 5.56 Å². The Bertz CT molecular complexity index is 660. The first-order chi connectivity index (χ1) is 12.8. The van der Waals surface area contributed by atoms with Gasteiger partial charge in [-0.05, 0) is 42.8 Å². The van der Waals surface area contributed by atoms with Gasteiger partial charge in [-0.3, -0.25) is 4.90 Å². The van der Waals surface area contributed by atoms with Gasteiger partial charge in [0.15, 0.2) is 0 Å². The highest BCUT2D eigenvalue weighted by atomic mass is 35.5. The van der Waals surface area contributed by atoms with Crippen LogP contribution >= 0.6 is 11.6 Å². The van der Waals surface area contributed by atoms with Gasteiger partial charge in [0.05, 0.1) is 18.2 Å². The van der Waals surface area contributed by atoms with Gasteiger partial charge < -0.3 is 14.8 Å². The number of rotatable bonds is 9. The summed E-state index contributed by atoms with van der Waals surface area (Å²) < 4.78 is 11.2. The molecule has 0 saturated carbocycles. The normalized spacial score (nSPS) is 15.1. The van der Waals surface area contributed by atoms with Gasteiger partial charge >= 0.3 is 0 Å². The molecular formula is C21H27ClN2O2. The molecule has 2 aromatic carbocycles. The molecule has 0 spiro atoms. The molecule has 1 aliphatic rings. The number of hydrogen-bond donors (Lipinski definition) is 1. The van der Waals surface area contributed by atoms with Gasteiger partial charge in [-0.1, -0.05) is 48.0 Å². The van der Waals surface area contributed by atoms with Crippen LogP contribution in [0.3, 0.4) is 0 Å². The molecule has 26 heavy (non-hydrogen) atoms. The van der Waals surface area contributed by atoms with Crippen molar-refractivity contribution in [2.24, 2.45) is 0 Å². The minimum atomic E-state index is 0.527. The summed E-state index contributed by atoms with van der Waals surface area (Å²) >= 11 is 6.37. The van der Waals surface area contributed by atoms with E-state index in [-0.39, 0.29) is 0 Å². The van der Waals surface area contributed by atoms with Crippen LogP contribution in [0.15, 0.2) is 48.5 Å². The molecule has 0 unspecified atom stereocenters. The van der Waals surface area contributed by atoms with E-state index in [0.29, 0.717) is 11.6 Å². The fraction of sp³-hybridized carbons (Fsp3) is 0.429. The van der Waals surface area contributed by atoms with Crippen molar-refractivity contribution in [2.75, 3.05) is 39.4 Å². The van der Waals surface area contributed by atoms with Crippen molar-refractivity contribution in [3.05, 3.63) is 64.7 Å². The van der Waals surface area contributed by atoms with Crippen molar-refractivity contribution in [1.82, 2.24) is 10.2 Å². The van der Waals surface area contributed by atoms with E-state index in [1.54, 1.807) is 0 Å². The summed E-state index contributed by atoms with van der Waals surface area (Å²) in [5.41, 5.74) is 2.31. The molecule has 0 radical (unpaired) electrons. The Morgan fingerprint density at radius 3 is 2.62 bits per heavy atom. The third-order valence-corrected chi connectivity index (χ3v) is 4.79. The van der Waals surface area contributed by atoms with Gasteiger partial charge in [-0.15, -0.1) is 0 Å². The molecule has 5 heteroatoms. The molecule has 4 nitrogen and oxygen atoms in total. The summed E-state index contributed by atoms with van der Waals surface area (Å²) in [7, 11) is 0. The molecular weight excluding hydrogens is 348 g/mol. The Labute approximate surface area is 161 Å². The molecule has 1 fully saturated rings. The maximum atomic E-state index is 6.37. The second kappa shape index (κ2) is 10.5. The average Bonchev–Trinajstić information content (AvgIpc) is 2.69. The summed E-state index contributed by atoms with van der Waals surface area (Å²) in [6, 6.07) is 16.1. The van der Waals surface area contributed by atoms with Crippen LogP contribution < -0.4 is 10.1 Å². The van der Waals surface area contributed by atoms with Crippen LogP contribution in [-0.4, -0.2) is 44.3 Å². The molecule has 0 bridgehead atoms. The van der Waals surface area contributed by atoms with Crippen molar-refractivity contribution in [1.29, 1.82) is 0 Å². The zero-order valence-electron chi connectivity index (χ0n) is 15.1. The van der Waals surface area contributed by atoms with Crippen LogP contribution in [-0.2, 0) is 17.9 Å². The smallest absolute Gasteiger partial charge is 0.138 e. The molecule has 140 valence electrons. The molecule has 0 aromatic heterocycles. The highest BCUT2D eigenvalue weighted by Gasteiger charge is 2.09. The van der Waals surface area contributed by atoms with E-state index in [2.05, 4.69) is 16.3 Å². The Hall–Kier alpha value is -1.59. The van der Waals surface area contributed by atoms with Crippen molar-refractivity contribution in [3.8, 4) is 5.75 Å². The minimum Gasteiger partial charge on any atom is -0.487 e. The zero-order chi connectivity index (χ0) is 18.0. The number of ether oxygens (including phenoxy) is 2. The highest BCUT2D eigenvalue weighted by molar-refractivity contribution is 6.32. The Balaban J connectivity index is 1.37. The van der Waals surface area contributed by atoms with Gasteiger partial charge in [0, 0.05) is 19.6 Å². The van der Waals surface area contributed by atoms with Crippen LogP contribution in [0.25, 0.3) is 0 Å². The summed E-state index contributed by atoms with van der Waals surface area (Å²) in [5.74, 6) is 0.728. The summed E-state index contributed by atoms with van der Waals surface area (Å²) in [5, 5.41) is 4.15. The second-order valence-corrected chi connectivity index (χ2v) is 6.93. The molecule has 2 aromatic rings. The largest absolute Gasteiger partial charge is 0.487 e. The quantitative estimate of drug-likeness (QED) is 0.678. The van der Waals surface area contributed by atoms with E-state index in [4.69, 9.17) is 21.1 Å². The predicted octanol–water partition coefficient (Wildman–Crippen LogP) is 3.73. The lowest BCUT2D eigenvalue weighted by Crippen LogP contribution is -2.37. The van der Waals surface area contributed by atoms with Gasteiger partial charge in [-0.25, -0.2) is 0 Å². The monoisotopic (exact) mass is 374 g/mol. The van der Waals surface area contributed by atoms with E-state index in [9.17, 15) is 0 Å². The van der Waals surface area contributed by atoms with Gasteiger partial charge in [0.1, 0.15) is 12.4 Å². The fourth-order valence-electron chi connectivity index (χ4n) is 2.99. The second-order valence-electron chi connectivity index (χ2n) is 6.52. The lowest BCUT2D eigenvalue weighted by molar-refractivity contribution is 0.0374. The van der Waals surface area contributed by atoms with E-state index >= 15 is 0 Å². The van der Waals surface area contributed by atoms with Crippen LogP contribution in [0.5, 0.6) is 5.75 Å². The Morgan fingerprint density at radius 2 is 1.85 bits per heavy atom. The highest BCUT2D eigenvalue weighted by Crippen LogP contribution is 2.26. The van der Waals surface area contributed by atoms with E-state index < -0.39 is 0 Å². The minimum absolute atomic E-state index is 0.527. The fourth-order valence-corrected chi connectivity index (χ4v) is 3.25. The van der Waals surface area contributed by atoms with Crippen molar-refractivity contribution < 1.29 is 9.47 Å². The molecule has 1 N–H and O–H groups in total. The van der Waals surface area contributed by atoms with Gasteiger partial charge in [0.25, 0.3) is 0 Å². The third-order valence-electron chi connectivity index (χ3n) is 4.49. The number of nitrogens with zero attached hydrogens (tertiary/aromatic N) is 1. The van der Waals surface area contributed by atoms with Crippen molar-refractivity contribution >= 4 is 11.6 Å². The molecule has 0 amide bonds. The van der Waals surface area contributed by atoms with Gasteiger partial charge in [-0.2, -0.15) is 0 Å². The molecule has 0 atom stereocenters. The first kappa shape index (κ1) is 19.2. The number of nitrogens with one attached hydrogen (secondary N) is 1. The lowest BCUT2D eigenvalue weighted by Gasteiger charge is -2.26. The zero-order valence-corrected chi connectivity index (χ0v) is 15.9. The number of hydrogen-bond acceptors (Lipinski definition) is 4.